The minimum Gasteiger partial charge on any atom is -0.440 e. The molecule has 2 aromatic carbocycles. The number of benzene rings is 2. The highest BCUT2D eigenvalue weighted by Crippen LogP contribution is 2.51. The van der Waals surface area contributed by atoms with E-state index in [-0.39, 0.29) is 11.5 Å². The minimum absolute atomic E-state index is 0.0654. The van der Waals surface area contributed by atoms with Crippen LogP contribution < -0.4 is 15.1 Å². The molecule has 7 nitrogen and oxygen atoms in total. The molecule has 2 aliphatic rings. The Balaban J connectivity index is 1.58. The van der Waals surface area contributed by atoms with E-state index in [0.29, 0.717) is 38.6 Å². The van der Waals surface area contributed by atoms with Gasteiger partial charge in [0, 0.05) is 30.3 Å². The number of fused-ring (bicyclic) bond motifs is 2. The highest BCUT2D eigenvalue weighted by molar-refractivity contribution is 8.23. The van der Waals surface area contributed by atoms with Crippen LogP contribution in [0.2, 0.25) is 0 Å². The van der Waals surface area contributed by atoms with E-state index in [1.54, 1.807) is 18.2 Å². The minimum atomic E-state index is -3.13. The third kappa shape index (κ3) is 4.10. The van der Waals surface area contributed by atoms with E-state index >= 15 is 0 Å². The summed E-state index contributed by atoms with van der Waals surface area (Å²) in [6.45, 7) is 10.1. The van der Waals surface area contributed by atoms with E-state index in [9.17, 15) is 13.9 Å². The van der Waals surface area contributed by atoms with Gasteiger partial charge in [-0.1, -0.05) is 42.8 Å². The number of anilines is 1. The molecular weight excluding hydrogens is 450 g/mol. The number of nitrogens with one attached hydrogen (secondary N) is 1. The molecule has 8 heteroatoms. The maximum Gasteiger partial charge on any atom is 0.200 e. The number of nitrogens with zero attached hydrogens (tertiary/aromatic N) is 2. The van der Waals surface area contributed by atoms with Crippen LogP contribution in [0.25, 0.3) is 11.0 Å². The van der Waals surface area contributed by atoms with Gasteiger partial charge in [-0.3, -0.25) is 23.6 Å². The fraction of sp³-hybridized carbons (Fsp3) is 0.385. The van der Waals surface area contributed by atoms with Gasteiger partial charge in [-0.05, 0) is 55.9 Å². The topological polar surface area (TPSA) is 98.3 Å². The van der Waals surface area contributed by atoms with Gasteiger partial charge < -0.3 is 9.32 Å². The Morgan fingerprint density at radius 1 is 1.15 bits per heavy atom. The summed E-state index contributed by atoms with van der Waals surface area (Å²) in [5.74, 6) is 1.02. The average Bonchev–Trinajstić information content (AvgIpc) is 3.03. The monoisotopic (exact) mass is 481 g/mol. The summed E-state index contributed by atoms with van der Waals surface area (Å²) in [6.07, 6.45) is 2.08. The molecule has 1 unspecified atom stereocenters. The zero-order chi connectivity index (χ0) is 24.3. The van der Waals surface area contributed by atoms with E-state index in [1.165, 1.54) is 0 Å². The lowest BCUT2D eigenvalue weighted by atomic mass is 9.83. The fourth-order valence-corrected chi connectivity index (χ4v) is 6.02. The lowest BCUT2D eigenvalue weighted by Gasteiger charge is -2.37. The van der Waals surface area contributed by atoms with Crippen molar-refractivity contribution >= 4 is 33.5 Å². The first-order valence-electron chi connectivity index (χ1n) is 11.6. The van der Waals surface area contributed by atoms with Gasteiger partial charge in [-0.2, -0.15) is 0 Å². The first-order chi connectivity index (χ1) is 16.0. The van der Waals surface area contributed by atoms with Crippen molar-refractivity contribution in [1.82, 2.24) is 4.72 Å². The number of piperidine rings is 1. The number of aryl methyl sites for hydroxylation is 1. The molecule has 1 atom stereocenters. The number of amidine groups is 1. The zero-order valence-electron chi connectivity index (χ0n) is 20.0. The summed E-state index contributed by atoms with van der Waals surface area (Å²) in [5.41, 5.74) is 3.17. The number of aliphatic imine (C=N–C) groups is 1. The summed E-state index contributed by atoms with van der Waals surface area (Å²) in [6, 6.07) is 12.2. The molecule has 5 rings (SSSR count). The lowest BCUT2D eigenvalue weighted by Crippen LogP contribution is -2.37. The van der Waals surface area contributed by atoms with Crippen LogP contribution in [-0.4, -0.2) is 28.0 Å². The van der Waals surface area contributed by atoms with Crippen LogP contribution in [0, 0.1) is 12.3 Å². The van der Waals surface area contributed by atoms with Crippen molar-refractivity contribution in [3.05, 3.63) is 69.4 Å². The fourth-order valence-electron chi connectivity index (χ4n) is 4.73. The molecule has 34 heavy (non-hydrogen) atoms. The van der Waals surface area contributed by atoms with E-state index in [4.69, 9.17) is 9.41 Å². The van der Waals surface area contributed by atoms with Gasteiger partial charge in [-0.25, -0.2) is 0 Å². The van der Waals surface area contributed by atoms with Gasteiger partial charge in [-0.15, -0.1) is 0 Å². The van der Waals surface area contributed by atoms with Crippen molar-refractivity contribution < 1.29 is 13.5 Å². The molecule has 2 aliphatic heterocycles. The van der Waals surface area contributed by atoms with E-state index in [0.717, 1.165) is 37.1 Å². The first kappa shape index (κ1) is 23.0. The van der Waals surface area contributed by atoms with Crippen LogP contribution >= 0.6 is 10.8 Å². The third-order valence-electron chi connectivity index (χ3n) is 6.88. The van der Waals surface area contributed by atoms with Crippen molar-refractivity contribution in [2.24, 2.45) is 10.4 Å². The Bertz CT molecular complexity index is 1350. The van der Waals surface area contributed by atoms with Gasteiger partial charge in [0.2, 0.25) is 0 Å². The Morgan fingerprint density at radius 3 is 2.59 bits per heavy atom. The molecule has 180 valence electrons. The van der Waals surface area contributed by atoms with Crippen LogP contribution in [0.15, 0.2) is 61.6 Å². The first-order valence-corrected chi connectivity index (χ1v) is 13.2. The Labute approximate surface area is 201 Å². The van der Waals surface area contributed by atoms with E-state index < -0.39 is 10.8 Å². The zero-order valence-corrected chi connectivity index (χ0v) is 20.8. The molecule has 1 saturated heterocycles. The smallest absolute Gasteiger partial charge is 0.200 e. The highest BCUT2D eigenvalue weighted by Gasteiger charge is 2.32. The Kier molecular flexibility index (Phi) is 5.50. The summed E-state index contributed by atoms with van der Waals surface area (Å²) < 4.78 is 30.1. The molecule has 0 bridgehead atoms. The van der Waals surface area contributed by atoms with Crippen LogP contribution in [0.4, 0.5) is 5.88 Å². The second-order valence-electron chi connectivity index (χ2n) is 10.1. The van der Waals surface area contributed by atoms with Gasteiger partial charge >= 0.3 is 0 Å². The molecule has 0 saturated carbocycles. The van der Waals surface area contributed by atoms with Gasteiger partial charge in [0.1, 0.15) is 11.4 Å². The molecule has 0 spiro atoms. The van der Waals surface area contributed by atoms with Crippen LogP contribution in [0.5, 0.6) is 0 Å². The van der Waals surface area contributed by atoms with Crippen molar-refractivity contribution in [1.29, 1.82) is 0 Å². The maximum absolute atomic E-state index is 13.1. The van der Waals surface area contributed by atoms with Crippen LogP contribution in [-0.2, 0) is 0 Å². The largest absolute Gasteiger partial charge is 0.440 e. The Morgan fingerprint density at radius 2 is 1.85 bits per heavy atom. The molecule has 3 aromatic rings. The van der Waals surface area contributed by atoms with E-state index in [1.807, 2.05) is 38.1 Å². The molecule has 1 fully saturated rings. The van der Waals surface area contributed by atoms with Crippen LogP contribution in [0.1, 0.15) is 56.3 Å². The average molecular weight is 482 g/mol. The number of rotatable bonds is 3. The second-order valence-corrected chi connectivity index (χ2v) is 11.9. The Hall–Kier alpha value is -2.81. The van der Waals surface area contributed by atoms with Crippen molar-refractivity contribution in [2.75, 3.05) is 18.0 Å². The predicted molar refractivity (Wildman–Crippen MR) is 138 cm³/mol. The van der Waals surface area contributed by atoms with Gasteiger partial charge in [0.15, 0.2) is 11.3 Å². The summed E-state index contributed by atoms with van der Waals surface area (Å²) in [7, 11) is -3.13. The predicted octanol–water partition coefficient (Wildman–Crippen LogP) is 5.86. The molecular formula is C26H31N3O4S. The standard InChI is InChI=1S/C26H31N3O4S/c1-16-13-19(17(2)27-25-18-7-5-6-8-22(18)34(31,32)28-25)24-20(14-16)21(30)15-23(33-24)29-11-9-26(3,4)10-12-29/h5-8,13-15,17,31-32H,9-12H2,1-4H3,(H,27,28). The summed E-state index contributed by atoms with van der Waals surface area (Å²) >= 11 is 0. The lowest BCUT2D eigenvalue weighted by molar-refractivity contribution is 0.274. The maximum atomic E-state index is 13.1. The number of hydrogen-bond acceptors (Lipinski definition) is 6. The van der Waals surface area contributed by atoms with Gasteiger partial charge in [0.25, 0.3) is 0 Å². The highest BCUT2D eigenvalue weighted by atomic mass is 32.3. The van der Waals surface area contributed by atoms with Crippen molar-refractivity contribution in [3.8, 4) is 0 Å². The quantitative estimate of drug-likeness (QED) is 0.433. The SMILES string of the molecule is Cc1cc(C(C)N=C2NS(O)(O)c3ccccc32)c2oc(N3CCC(C)(C)CC3)cc(=O)c2c1. The molecule has 0 radical (unpaired) electrons. The van der Waals surface area contributed by atoms with Crippen molar-refractivity contribution in [2.45, 2.75) is 51.5 Å². The summed E-state index contributed by atoms with van der Waals surface area (Å²) in [5, 5.41) is 0.534. The molecule has 0 aliphatic carbocycles. The second kappa shape index (κ2) is 8.15. The van der Waals surface area contributed by atoms with Crippen molar-refractivity contribution in [3.63, 3.8) is 0 Å². The molecule has 3 N–H and O–H groups in total. The molecule has 1 aromatic heterocycles. The normalized spacial score (nSPS) is 21.8. The third-order valence-corrected chi connectivity index (χ3v) is 8.33. The van der Waals surface area contributed by atoms with Gasteiger partial charge in [0.05, 0.1) is 16.3 Å². The molecule has 3 heterocycles. The number of hydrogen-bond donors (Lipinski definition) is 3. The summed E-state index contributed by atoms with van der Waals surface area (Å²) in [4.78, 5) is 20.5. The van der Waals surface area contributed by atoms with E-state index in [2.05, 4.69) is 23.5 Å². The molecule has 0 amide bonds. The van der Waals surface area contributed by atoms with Crippen LogP contribution in [0.3, 0.4) is 0 Å².